The van der Waals surface area contributed by atoms with Crippen molar-refractivity contribution in [1.29, 1.82) is 31.6 Å². The molecule has 0 bridgehead atoms. The molecule has 0 unspecified atom stereocenters. The number of hydrogen-bond acceptors (Lipinski definition) is 16. The summed E-state index contributed by atoms with van der Waals surface area (Å²) in [6.07, 6.45) is 8.70. The van der Waals surface area contributed by atoms with Gasteiger partial charge in [0.05, 0.1) is 60.7 Å². The molecule has 3 radical (unpaired) electrons. The van der Waals surface area contributed by atoms with Gasteiger partial charge in [-0.3, -0.25) is 38.0 Å². The summed E-state index contributed by atoms with van der Waals surface area (Å²) in [5, 5.41) is 46.9. The summed E-state index contributed by atoms with van der Waals surface area (Å²) < 4.78 is 9.92. The Labute approximate surface area is 664 Å². The second kappa shape index (κ2) is 53.2. The summed E-state index contributed by atoms with van der Waals surface area (Å²) in [5.41, 5.74) is 11.6. The van der Waals surface area contributed by atoms with Crippen LogP contribution in [0, 0.1) is 91.8 Å². The first-order valence-corrected chi connectivity index (χ1v) is 23.5. The summed E-state index contributed by atoms with van der Waals surface area (Å²) in [6.45, 7) is 34.0. The monoisotopic (exact) mass is 1370 g/mol. The number of carbonyl (C=O) groups excluding carboxylic acids is 2. The van der Waals surface area contributed by atoms with Gasteiger partial charge in [-0.05, 0) is 106 Å². The topological polar surface area (TPSA) is 395 Å². The van der Waals surface area contributed by atoms with E-state index in [1.54, 1.807) is 78.6 Å². The molecule has 4 aromatic carbocycles. The second-order valence-electron chi connectivity index (χ2n) is 15.2. The van der Waals surface area contributed by atoms with Gasteiger partial charge in [-0.15, -0.1) is 0 Å². The van der Waals surface area contributed by atoms with E-state index in [9.17, 15) is 24.0 Å². The van der Waals surface area contributed by atoms with Crippen LogP contribution in [0.1, 0.15) is 24.5 Å². The van der Waals surface area contributed by atoms with E-state index in [-0.39, 0.29) is 234 Å². The quantitative estimate of drug-likeness (QED) is 0.0831. The molecule has 0 saturated heterocycles. The molecule has 0 fully saturated rings. The molecule has 441 valence electrons. The summed E-state index contributed by atoms with van der Waals surface area (Å²) in [7, 11) is 5.42. The van der Waals surface area contributed by atoms with Crippen molar-refractivity contribution in [2.24, 2.45) is 31.1 Å². The van der Waals surface area contributed by atoms with E-state index >= 15 is 0 Å². The molecule has 30 heteroatoms. The number of rotatable bonds is 5. The van der Waals surface area contributed by atoms with Crippen LogP contribution in [0.25, 0.3) is 17.1 Å². The van der Waals surface area contributed by atoms with Crippen LogP contribution >= 0.6 is 34.8 Å². The Morgan fingerprint density at radius 1 is 0.455 bits per heavy atom. The number of aromatic hydroxyl groups is 1. The number of nitrogens with zero attached hydrogens (tertiary/aromatic N) is 14. The molecule has 0 saturated carbocycles. The molecule has 0 aliphatic heterocycles. The van der Waals surface area contributed by atoms with Crippen LogP contribution in [-0.2, 0) is 47.8 Å². The first-order chi connectivity index (χ1) is 38.9. The van der Waals surface area contributed by atoms with Crippen molar-refractivity contribution in [2.75, 3.05) is 5.73 Å². The Bertz CT molecular complexity index is 3580. The van der Waals surface area contributed by atoms with Crippen LogP contribution in [-0.4, -0.2) is 216 Å². The van der Waals surface area contributed by atoms with Crippen LogP contribution in [0.5, 0.6) is 5.75 Å². The molecule has 3 heterocycles. The molecule has 3 aromatic heterocycles. The third-order valence-electron chi connectivity index (χ3n) is 10.8. The van der Waals surface area contributed by atoms with Gasteiger partial charge in [0.15, 0.2) is 22.9 Å². The molecular weight excluding hydrogens is 1310 g/mol. The zero-order valence-electron chi connectivity index (χ0n) is 48.5. The number of aromatic nitrogens is 6. The van der Waals surface area contributed by atoms with Crippen molar-refractivity contribution in [2.45, 2.75) is 28.2 Å². The van der Waals surface area contributed by atoms with E-state index in [4.69, 9.17) is 117 Å². The van der Waals surface area contributed by atoms with Gasteiger partial charge in [-0.2, -0.15) is 0 Å². The molecule has 0 amide bonds. The Balaban J connectivity index is -0.000000154. The molecule has 8 N–H and O–H groups in total. The number of hydrogen-bond donors (Lipinski definition) is 3. The normalized spacial score (nSPS) is 11.1. The van der Waals surface area contributed by atoms with Crippen molar-refractivity contribution >= 4 is 229 Å². The Morgan fingerprint density at radius 2 is 0.716 bits per heavy atom. The van der Waals surface area contributed by atoms with E-state index < -0.39 is 0 Å². The Morgan fingerprint density at radius 3 is 0.955 bits per heavy atom. The number of carbonyl (C=O) groups is 2. The SMILES string of the molecule is C.Cc1c(N)c(=O)n(-c2ccccc2)n1C.Cc1c(N=C2C=CC(=O)C(Cl)=C2)c(=O)n(-c2ccccc2)n1C.Cc1c(N=C2C=CC(=O)C(Cl)=C2)c(=O)n(-c2ccccc2)n1C.N.O.Oc1ccccc1Cl.[C-]#N.[C-]#N.[C-]#N.[C-]#N.[C-]#N.[C-]#N.[Fe+6].[K].[K].[K]. The van der Waals surface area contributed by atoms with Crippen molar-refractivity contribution in [3.63, 3.8) is 0 Å². The zero-order chi connectivity index (χ0) is 62.1. The maximum absolute atomic E-state index is 12.7. The number of phenols is 1. The number of para-hydroxylation sites is 4. The standard InChI is InChI=1S/2C17H14ClN3O2.C11H13N3O.C6H5ClO.6CN.CH4.Fe.3K.H3N.H2O/c2*1-11-16(19-12-8-9-15(22)14(18)10-12)17(23)21(20(11)2)13-6-4-3-5-7-13;1-8-10(12)11(15)14(13(8)2)9-6-4-3-5-7-9;7-5-3-1-2-4-6(5)8;6*1-2;;;;;;;/h2*3-10H,1-2H3;3-7H,12H2,1-2H3;1-4,8H;;;;;;;1H4;;;;;1H3;1H2/q;;;;6*-1;;+6;;;;;. The van der Waals surface area contributed by atoms with Gasteiger partial charge in [0.1, 0.15) is 11.4 Å². The van der Waals surface area contributed by atoms with Gasteiger partial charge in [0, 0.05) is 175 Å². The number of nitrogens with two attached hydrogens (primary N) is 1. The molecule has 0 spiro atoms. The molecule has 0 atom stereocenters. The summed E-state index contributed by atoms with van der Waals surface area (Å²) >= 11 is 17.1. The van der Waals surface area contributed by atoms with Gasteiger partial charge < -0.3 is 93.5 Å². The van der Waals surface area contributed by atoms with Crippen LogP contribution in [0.2, 0.25) is 5.02 Å². The third-order valence-corrected chi connectivity index (χ3v) is 11.7. The zero-order valence-corrected chi connectivity index (χ0v) is 61.2. The minimum Gasteiger partial charge on any atom is -0.512 e. The van der Waals surface area contributed by atoms with Gasteiger partial charge in [-0.25, -0.2) is 24.0 Å². The fourth-order valence-electron chi connectivity index (χ4n) is 6.78. The largest absolute Gasteiger partial charge is 6.00 e. The van der Waals surface area contributed by atoms with Crippen molar-refractivity contribution in [1.82, 2.24) is 34.2 Å². The van der Waals surface area contributed by atoms with E-state index in [1.807, 2.05) is 119 Å². The number of ketones is 2. The van der Waals surface area contributed by atoms with Gasteiger partial charge in [0.2, 0.25) is 0 Å². The number of phenolic OH excluding ortho intramolecular Hbond substituents is 1. The number of allylic oxidation sites excluding steroid dienone is 8. The molecule has 7 aromatic rings. The predicted molar refractivity (Wildman–Crippen MR) is 338 cm³/mol. The average molecular weight is 1370 g/mol. The van der Waals surface area contributed by atoms with Crippen LogP contribution in [0.4, 0.5) is 17.1 Å². The predicted octanol–water partition coefficient (Wildman–Crippen LogP) is 8.16. The van der Waals surface area contributed by atoms with Crippen molar-refractivity contribution in [3.05, 3.63) is 254 Å². The second-order valence-corrected chi connectivity index (χ2v) is 16.4. The molecule has 88 heavy (non-hydrogen) atoms. The third kappa shape index (κ3) is 27.6. The van der Waals surface area contributed by atoms with E-state index in [0.29, 0.717) is 33.5 Å². The number of anilines is 1. The average Bonchev–Trinajstić information content (AvgIpc) is 1.95. The van der Waals surface area contributed by atoms with E-state index in [2.05, 4.69) is 9.98 Å². The fraction of sp³-hybridized carbons (Fsp3) is 0.121. The molecule has 9 rings (SSSR count). The summed E-state index contributed by atoms with van der Waals surface area (Å²) in [6, 6.07) is 34.8. The van der Waals surface area contributed by atoms with Crippen molar-refractivity contribution in [3.8, 4) is 22.8 Å². The minimum atomic E-state index is -0.267. The minimum absolute atomic E-state index is 0. The van der Waals surface area contributed by atoms with Crippen molar-refractivity contribution < 1.29 is 37.2 Å². The fourth-order valence-corrected chi connectivity index (χ4v) is 7.27. The van der Waals surface area contributed by atoms with Crippen LogP contribution < -0.4 is 28.6 Å². The number of aliphatic imine (C=N–C) groups is 2. The first-order valence-electron chi connectivity index (χ1n) is 22.3. The first kappa shape index (κ1) is 98.5. The number of benzene rings is 4. The number of nitrogen functional groups attached to an aromatic ring is 1. The number of halogens is 3. The molecule has 2 aliphatic carbocycles. The van der Waals surface area contributed by atoms with Gasteiger partial charge in [-0.1, -0.05) is 109 Å². The maximum atomic E-state index is 12.7. The van der Waals surface area contributed by atoms with E-state index in [0.717, 1.165) is 34.1 Å². The molecular formula is C58H55Cl3FeK3N16O7. The maximum Gasteiger partial charge on any atom is 6.00 e. The van der Waals surface area contributed by atoms with Crippen LogP contribution in [0.3, 0.4) is 0 Å². The summed E-state index contributed by atoms with van der Waals surface area (Å²) in [4.78, 5) is 68.7. The Kier molecular flexibility index (Phi) is 59.5. The van der Waals surface area contributed by atoms with Gasteiger partial charge in [0.25, 0.3) is 16.7 Å². The Hall–Kier alpha value is -5.69. The summed E-state index contributed by atoms with van der Waals surface area (Å²) in [5.74, 6) is -0.400. The smallest absolute Gasteiger partial charge is 0.512 e. The molecule has 2 aliphatic rings. The van der Waals surface area contributed by atoms with Gasteiger partial charge >= 0.3 is 17.1 Å². The van der Waals surface area contributed by atoms with Crippen LogP contribution in [0.15, 0.2) is 186 Å². The van der Waals surface area contributed by atoms with E-state index in [1.165, 1.54) is 24.3 Å². The molecule has 23 nitrogen and oxygen atoms in total.